The molecule has 1 aliphatic heterocycles. The molecule has 0 aromatic heterocycles. The van der Waals surface area contributed by atoms with E-state index in [1.807, 2.05) is 55.4 Å². The Bertz CT molecular complexity index is 1790. The molecule has 60 heavy (non-hydrogen) atoms. The Hall–Kier alpha value is -6.04. The molecule has 0 fully saturated rings. The largest absolute Gasteiger partial charge is 0.481 e. The Balaban J connectivity index is 1.51. The molecule has 0 radical (unpaired) electrons. The van der Waals surface area contributed by atoms with Crippen molar-refractivity contribution in [3.05, 3.63) is 97.1 Å². The molecule has 12 nitrogen and oxygen atoms in total. The molecule has 1 aliphatic rings. The van der Waals surface area contributed by atoms with E-state index >= 15 is 0 Å². The van der Waals surface area contributed by atoms with Gasteiger partial charge >= 0.3 is 0 Å². The Morgan fingerprint density at radius 2 is 0.567 bits per heavy atom. The van der Waals surface area contributed by atoms with Crippen molar-refractivity contribution in [2.45, 2.75) is 105 Å². The highest BCUT2D eigenvalue weighted by atomic mass is 16.5. The van der Waals surface area contributed by atoms with Gasteiger partial charge in [0.05, 0.1) is 0 Å². The molecule has 0 unspecified atom stereocenters. The summed E-state index contributed by atoms with van der Waals surface area (Å²) in [5.41, 5.74) is 1.89. The number of benzene rings is 4. The molecule has 4 N–H and O–H groups in total. The third-order valence-electron chi connectivity index (χ3n) is 9.43. The summed E-state index contributed by atoms with van der Waals surface area (Å²) in [6.45, 7) is 16.0. The Kier molecular flexibility index (Phi) is 16.0. The minimum atomic E-state index is -0.864. The number of hydrogen-bond acceptors (Lipinski definition) is 8. The fourth-order valence-corrected chi connectivity index (χ4v) is 6.68. The lowest BCUT2D eigenvalue weighted by atomic mass is 10.0. The van der Waals surface area contributed by atoms with Gasteiger partial charge in [0.25, 0.3) is 23.6 Å². The molecule has 0 saturated carbocycles. The number of carbonyl (C=O) groups excluding carboxylic acids is 4. The fourth-order valence-electron chi connectivity index (χ4n) is 6.68. The van der Waals surface area contributed by atoms with Crippen LogP contribution in [0, 0.1) is 23.7 Å². The molecule has 4 amide bonds. The number of carbonyl (C=O) groups is 4. The van der Waals surface area contributed by atoms with Crippen molar-refractivity contribution in [1.29, 1.82) is 0 Å². The zero-order chi connectivity index (χ0) is 43.3. The number of anilines is 4. The van der Waals surface area contributed by atoms with Gasteiger partial charge in [-0.25, -0.2) is 0 Å². The van der Waals surface area contributed by atoms with Gasteiger partial charge in [0.2, 0.25) is 0 Å². The summed E-state index contributed by atoms with van der Waals surface area (Å²) in [5.74, 6) is 0.648. The van der Waals surface area contributed by atoms with E-state index < -0.39 is 24.4 Å². The van der Waals surface area contributed by atoms with Crippen LogP contribution in [0.4, 0.5) is 22.7 Å². The van der Waals surface area contributed by atoms with Crippen LogP contribution in [-0.4, -0.2) is 48.0 Å². The number of ether oxygens (including phenoxy) is 4. The van der Waals surface area contributed by atoms with Crippen molar-refractivity contribution in [1.82, 2.24) is 0 Å². The molecule has 0 aliphatic carbocycles. The summed E-state index contributed by atoms with van der Waals surface area (Å²) in [6.07, 6.45) is -1.77. The number of rotatable bonds is 8. The molecule has 5 rings (SSSR count). The standard InChI is InChI=1S/C48H60N4O8/c1-29(2)21-41-45(53)49-33-13-10-18-38(26-33)58-43(23-31(5)6)47(55)51-35-15-12-20-40(28-35)60-44(24-32(7)8)48(56)52-36-16-11-19-39(27-36)59-42(22-30(3)4)46(54)50-34-14-9-17-37(25-34)57-41/h9-20,25-32,41-44H,21-24H2,1-8H3,(H,49,53)(H,50,54)(H,51,55)(H,52,56)/t41-,42-,43-,44-/m0/s1. The van der Waals surface area contributed by atoms with E-state index in [1.165, 1.54) is 0 Å². The van der Waals surface area contributed by atoms with Crippen LogP contribution in [0.15, 0.2) is 97.1 Å². The zero-order valence-electron chi connectivity index (χ0n) is 36.0. The van der Waals surface area contributed by atoms with Crippen molar-refractivity contribution in [2.24, 2.45) is 23.7 Å². The van der Waals surface area contributed by atoms with Crippen LogP contribution in [0.5, 0.6) is 23.0 Å². The maximum Gasteiger partial charge on any atom is 0.265 e. The van der Waals surface area contributed by atoms with Crippen molar-refractivity contribution in [3.8, 4) is 23.0 Å². The monoisotopic (exact) mass is 820 g/mol. The first-order valence-corrected chi connectivity index (χ1v) is 20.9. The number of hydrogen-bond donors (Lipinski definition) is 4. The van der Waals surface area contributed by atoms with Gasteiger partial charge in [0, 0.05) is 47.0 Å². The Morgan fingerprint density at radius 3 is 0.750 bits per heavy atom. The summed E-state index contributed by atoms with van der Waals surface area (Å²) < 4.78 is 25.2. The highest BCUT2D eigenvalue weighted by Gasteiger charge is 2.27. The summed E-state index contributed by atoms with van der Waals surface area (Å²) in [7, 11) is 0. The topological polar surface area (TPSA) is 153 Å². The maximum atomic E-state index is 13.8. The first-order valence-electron chi connectivity index (χ1n) is 20.9. The highest BCUT2D eigenvalue weighted by molar-refractivity contribution is 5.97. The van der Waals surface area contributed by atoms with Crippen LogP contribution in [0.2, 0.25) is 0 Å². The van der Waals surface area contributed by atoms with Crippen LogP contribution in [0.25, 0.3) is 0 Å². The van der Waals surface area contributed by atoms with Crippen molar-refractivity contribution < 1.29 is 38.1 Å². The van der Waals surface area contributed by atoms with Crippen molar-refractivity contribution in [3.63, 3.8) is 0 Å². The molecule has 320 valence electrons. The Labute approximate surface area is 354 Å². The predicted molar refractivity (Wildman–Crippen MR) is 236 cm³/mol. The Morgan fingerprint density at radius 1 is 0.367 bits per heavy atom. The van der Waals surface area contributed by atoms with Gasteiger partial charge in [-0.3, -0.25) is 19.2 Å². The molecule has 4 aromatic rings. The molecule has 0 saturated heterocycles. The van der Waals surface area contributed by atoms with E-state index in [0.29, 0.717) is 71.4 Å². The van der Waals surface area contributed by atoms with E-state index in [1.54, 1.807) is 97.1 Å². The summed E-state index contributed by atoms with van der Waals surface area (Å²) in [4.78, 5) is 55.2. The quantitative estimate of drug-likeness (QED) is 0.137. The molecule has 1 heterocycles. The summed E-state index contributed by atoms with van der Waals surface area (Å²) in [6, 6.07) is 27.6. The van der Waals surface area contributed by atoms with Crippen LogP contribution < -0.4 is 40.2 Å². The van der Waals surface area contributed by atoms with Gasteiger partial charge < -0.3 is 40.2 Å². The minimum absolute atomic E-state index is 0.122. The molecular formula is C48H60N4O8. The molecule has 0 spiro atoms. The lowest BCUT2D eigenvalue weighted by Crippen LogP contribution is -2.35. The van der Waals surface area contributed by atoms with Gasteiger partial charge in [-0.1, -0.05) is 79.7 Å². The van der Waals surface area contributed by atoms with Crippen LogP contribution in [-0.2, 0) is 19.2 Å². The van der Waals surface area contributed by atoms with Gasteiger partial charge in [0.15, 0.2) is 24.4 Å². The fraction of sp³-hybridized carbons (Fsp3) is 0.417. The zero-order valence-corrected chi connectivity index (χ0v) is 36.0. The van der Waals surface area contributed by atoms with Crippen LogP contribution in [0.1, 0.15) is 81.1 Å². The average molecular weight is 821 g/mol. The smallest absolute Gasteiger partial charge is 0.265 e. The van der Waals surface area contributed by atoms with Gasteiger partial charge in [-0.15, -0.1) is 0 Å². The third-order valence-corrected chi connectivity index (χ3v) is 9.43. The summed E-state index contributed by atoms with van der Waals surface area (Å²) >= 11 is 0. The van der Waals surface area contributed by atoms with Crippen LogP contribution in [0.3, 0.4) is 0 Å². The van der Waals surface area contributed by atoms with Gasteiger partial charge in [0.1, 0.15) is 23.0 Å². The van der Waals surface area contributed by atoms with E-state index in [0.717, 1.165) is 0 Å². The highest BCUT2D eigenvalue weighted by Crippen LogP contribution is 2.28. The summed E-state index contributed by atoms with van der Waals surface area (Å²) in [5, 5.41) is 11.9. The predicted octanol–water partition coefficient (Wildman–Crippen LogP) is 9.73. The lowest BCUT2D eigenvalue weighted by Gasteiger charge is -2.23. The van der Waals surface area contributed by atoms with Crippen molar-refractivity contribution >= 4 is 46.4 Å². The number of amides is 4. The van der Waals surface area contributed by atoms with E-state index in [-0.39, 0.29) is 47.3 Å². The van der Waals surface area contributed by atoms with E-state index in [9.17, 15) is 19.2 Å². The van der Waals surface area contributed by atoms with Gasteiger partial charge in [-0.05, 0) is 97.9 Å². The second-order valence-electron chi connectivity index (χ2n) is 17.0. The molecule has 4 aromatic carbocycles. The number of nitrogens with one attached hydrogen (secondary N) is 4. The second kappa shape index (κ2) is 21.3. The molecular weight excluding hydrogens is 761 g/mol. The third kappa shape index (κ3) is 14.1. The maximum absolute atomic E-state index is 13.8. The first kappa shape index (κ1) is 45.1. The first-order chi connectivity index (χ1) is 28.6. The van der Waals surface area contributed by atoms with E-state index in [2.05, 4.69) is 21.3 Å². The van der Waals surface area contributed by atoms with Crippen molar-refractivity contribution in [2.75, 3.05) is 21.3 Å². The normalized spacial score (nSPS) is 19.4. The molecule has 8 bridgehead atoms. The SMILES string of the molecule is CC(C)C[C@@H]1Oc2cccc(c2)NC(=O)[C@H](CC(C)C)Oc2cccc(c2)NC(=O)[C@H](CC(C)C)Oc2cccc(c2)NC(=O)[C@H](CC(C)C)Oc2cccc(c2)NC1=O. The van der Waals surface area contributed by atoms with E-state index in [4.69, 9.17) is 18.9 Å². The molecule has 4 atom stereocenters. The second-order valence-corrected chi connectivity index (χ2v) is 17.0. The minimum Gasteiger partial charge on any atom is -0.481 e. The lowest BCUT2D eigenvalue weighted by molar-refractivity contribution is -0.124. The van der Waals surface area contributed by atoms with Gasteiger partial charge in [-0.2, -0.15) is 0 Å². The number of fused-ring (bicyclic) bond motifs is 8. The molecule has 12 heteroatoms. The van der Waals surface area contributed by atoms with Crippen LogP contribution >= 0.6 is 0 Å². The average Bonchev–Trinajstić information content (AvgIpc) is 3.16.